The second-order valence-corrected chi connectivity index (χ2v) is 7.86. The minimum Gasteiger partial charge on any atom is -0.480 e. The lowest BCUT2D eigenvalue weighted by atomic mass is 9.98. The zero-order chi connectivity index (χ0) is 23.8. The molecule has 0 fully saturated rings. The minimum atomic E-state index is -1.16. The van der Waals surface area contributed by atoms with Crippen molar-refractivity contribution >= 4 is 23.9 Å². The molecule has 0 aliphatic heterocycles. The molecule has 174 valence electrons. The largest absolute Gasteiger partial charge is 0.480 e. The van der Waals surface area contributed by atoms with Crippen LogP contribution in [-0.2, 0) is 19.1 Å². The molecule has 0 aromatic heterocycles. The fraction of sp³-hybridized carbons (Fsp3) is 0.333. The summed E-state index contributed by atoms with van der Waals surface area (Å²) < 4.78 is 5.49. The van der Waals surface area contributed by atoms with Crippen LogP contribution < -0.4 is 16.0 Å². The number of benzene rings is 2. The Hall–Kier alpha value is -3.88. The number of fused-ring (bicyclic) bond motifs is 3. The van der Waals surface area contributed by atoms with E-state index in [-0.39, 0.29) is 37.4 Å². The number of ether oxygens (including phenoxy) is 1. The van der Waals surface area contributed by atoms with E-state index in [1.807, 2.05) is 36.4 Å². The number of alkyl carbamates (subject to hydrolysis) is 1. The maximum absolute atomic E-state index is 12.3. The third-order valence-corrected chi connectivity index (χ3v) is 5.40. The van der Waals surface area contributed by atoms with E-state index in [0.29, 0.717) is 6.42 Å². The van der Waals surface area contributed by atoms with Crippen LogP contribution in [0.25, 0.3) is 11.1 Å². The predicted octanol–water partition coefficient (Wildman–Crippen LogP) is 2.01. The zero-order valence-electron chi connectivity index (χ0n) is 18.3. The topological polar surface area (TPSA) is 134 Å². The molecule has 0 bridgehead atoms. The molecular weight excluding hydrogens is 426 g/mol. The average molecular weight is 453 g/mol. The molecule has 9 nitrogen and oxygen atoms in total. The highest BCUT2D eigenvalue weighted by atomic mass is 16.5. The summed E-state index contributed by atoms with van der Waals surface area (Å²) in [5.41, 5.74) is 4.56. The van der Waals surface area contributed by atoms with Gasteiger partial charge in [0.25, 0.3) is 0 Å². The molecule has 0 radical (unpaired) electrons. The number of carboxylic acid groups (broad SMARTS) is 1. The van der Waals surface area contributed by atoms with Crippen LogP contribution in [0.1, 0.15) is 36.8 Å². The molecule has 0 spiro atoms. The second kappa shape index (κ2) is 11.1. The number of hydrogen-bond acceptors (Lipinski definition) is 5. The van der Waals surface area contributed by atoms with Crippen LogP contribution in [0.4, 0.5) is 4.79 Å². The molecule has 33 heavy (non-hydrogen) atoms. The molecule has 0 saturated heterocycles. The molecule has 2 aromatic rings. The zero-order valence-corrected chi connectivity index (χ0v) is 18.3. The Bertz CT molecular complexity index is 993. The standard InChI is InChI=1S/C24H27N3O6/c1-15(10-11-21(28)25-12-22(29)26-13-23(30)31)27-24(32)33-14-20-18-8-4-2-6-16(18)17-7-3-5-9-19(17)20/h2-9,15,20H,10-14H2,1H3,(H,25,28)(H,26,29)(H,27,32)(H,30,31). The van der Waals surface area contributed by atoms with Gasteiger partial charge in [0.15, 0.2) is 0 Å². The number of hydrogen-bond donors (Lipinski definition) is 4. The van der Waals surface area contributed by atoms with Gasteiger partial charge in [-0.2, -0.15) is 0 Å². The molecule has 4 N–H and O–H groups in total. The summed E-state index contributed by atoms with van der Waals surface area (Å²) in [6.45, 7) is 1.16. The van der Waals surface area contributed by atoms with Gasteiger partial charge in [-0.3, -0.25) is 14.4 Å². The van der Waals surface area contributed by atoms with E-state index in [9.17, 15) is 19.2 Å². The Morgan fingerprint density at radius 3 is 2.09 bits per heavy atom. The van der Waals surface area contributed by atoms with E-state index in [1.54, 1.807) is 6.92 Å². The Morgan fingerprint density at radius 2 is 1.48 bits per heavy atom. The van der Waals surface area contributed by atoms with Crippen LogP contribution in [-0.4, -0.2) is 54.7 Å². The van der Waals surface area contributed by atoms with Crippen LogP contribution in [0.2, 0.25) is 0 Å². The first-order valence-electron chi connectivity index (χ1n) is 10.7. The SMILES string of the molecule is CC(CCC(=O)NCC(=O)NCC(=O)O)NC(=O)OCC1c2ccccc2-c2ccccc21. The number of rotatable bonds is 10. The van der Waals surface area contributed by atoms with Crippen LogP contribution >= 0.6 is 0 Å². The molecule has 9 heteroatoms. The van der Waals surface area contributed by atoms with Crippen molar-refractivity contribution in [1.29, 1.82) is 0 Å². The van der Waals surface area contributed by atoms with Crippen LogP contribution in [0, 0.1) is 0 Å². The first-order chi connectivity index (χ1) is 15.8. The lowest BCUT2D eigenvalue weighted by molar-refractivity contribution is -0.137. The van der Waals surface area contributed by atoms with Crippen molar-refractivity contribution < 1.29 is 29.0 Å². The summed E-state index contributed by atoms with van der Waals surface area (Å²) in [7, 11) is 0. The fourth-order valence-electron chi connectivity index (χ4n) is 3.76. The van der Waals surface area contributed by atoms with Crippen molar-refractivity contribution in [2.45, 2.75) is 31.7 Å². The quantitative estimate of drug-likeness (QED) is 0.435. The van der Waals surface area contributed by atoms with E-state index in [4.69, 9.17) is 9.84 Å². The van der Waals surface area contributed by atoms with Crippen molar-refractivity contribution in [1.82, 2.24) is 16.0 Å². The average Bonchev–Trinajstić information content (AvgIpc) is 3.12. The monoisotopic (exact) mass is 453 g/mol. The lowest BCUT2D eigenvalue weighted by Gasteiger charge is -2.17. The number of carbonyl (C=O) groups excluding carboxylic acids is 3. The van der Waals surface area contributed by atoms with E-state index in [1.165, 1.54) is 0 Å². The van der Waals surface area contributed by atoms with Gasteiger partial charge in [-0.25, -0.2) is 4.79 Å². The van der Waals surface area contributed by atoms with E-state index >= 15 is 0 Å². The minimum absolute atomic E-state index is 0.0310. The summed E-state index contributed by atoms with van der Waals surface area (Å²) in [5.74, 6) is -2.16. The third-order valence-electron chi connectivity index (χ3n) is 5.40. The highest BCUT2D eigenvalue weighted by Gasteiger charge is 2.29. The van der Waals surface area contributed by atoms with Gasteiger partial charge in [0.05, 0.1) is 6.54 Å². The Labute approximate surface area is 191 Å². The number of amides is 3. The number of carboxylic acids is 1. The first-order valence-corrected chi connectivity index (χ1v) is 10.7. The van der Waals surface area contributed by atoms with E-state index in [0.717, 1.165) is 22.3 Å². The molecule has 0 heterocycles. The van der Waals surface area contributed by atoms with Crippen molar-refractivity contribution in [3.8, 4) is 11.1 Å². The summed E-state index contributed by atoms with van der Waals surface area (Å²) in [6, 6.07) is 15.8. The van der Waals surface area contributed by atoms with Crippen molar-refractivity contribution in [2.24, 2.45) is 0 Å². The van der Waals surface area contributed by atoms with E-state index < -0.39 is 24.5 Å². The molecule has 2 aromatic carbocycles. The number of nitrogens with one attached hydrogen (secondary N) is 3. The maximum atomic E-state index is 12.3. The van der Waals surface area contributed by atoms with Crippen molar-refractivity contribution in [3.05, 3.63) is 59.7 Å². The fourth-order valence-corrected chi connectivity index (χ4v) is 3.76. The van der Waals surface area contributed by atoms with Crippen molar-refractivity contribution in [3.63, 3.8) is 0 Å². The number of carbonyl (C=O) groups is 4. The first kappa shape index (κ1) is 23.8. The predicted molar refractivity (Wildman–Crippen MR) is 121 cm³/mol. The van der Waals surface area contributed by atoms with Gasteiger partial charge < -0.3 is 25.8 Å². The second-order valence-electron chi connectivity index (χ2n) is 7.86. The maximum Gasteiger partial charge on any atom is 0.407 e. The van der Waals surface area contributed by atoms with Gasteiger partial charge in [0, 0.05) is 18.4 Å². The molecule has 1 aliphatic rings. The molecular formula is C24H27N3O6. The van der Waals surface area contributed by atoms with E-state index in [2.05, 4.69) is 28.1 Å². The van der Waals surface area contributed by atoms with Crippen LogP contribution in [0.15, 0.2) is 48.5 Å². The van der Waals surface area contributed by atoms with Gasteiger partial charge in [-0.15, -0.1) is 0 Å². The summed E-state index contributed by atoms with van der Waals surface area (Å²) in [5, 5.41) is 15.8. The molecule has 3 amide bonds. The summed E-state index contributed by atoms with van der Waals surface area (Å²) in [4.78, 5) is 45.9. The molecule has 0 saturated carbocycles. The van der Waals surface area contributed by atoms with Gasteiger partial charge in [-0.05, 0) is 35.6 Å². The van der Waals surface area contributed by atoms with Gasteiger partial charge in [-0.1, -0.05) is 48.5 Å². The summed E-state index contributed by atoms with van der Waals surface area (Å²) in [6.07, 6.45) is -0.109. The van der Waals surface area contributed by atoms with Gasteiger partial charge in [0.2, 0.25) is 11.8 Å². The smallest absolute Gasteiger partial charge is 0.407 e. The van der Waals surface area contributed by atoms with Crippen LogP contribution in [0.3, 0.4) is 0 Å². The number of aliphatic carboxylic acids is 1. The highest BCUT2D eigenvalue weighted by molar-refractivity contribution is 5.86. The Balaban J connectivity index is 1.40. The van der Waals surface area contributed by atoms with Crippen molar-refractivity contribution in [2.75, 3.05) is 19.7 Å². The lowest BCUT2D eigenvalue weighted by Crippen LogP contribution is -2.39. The Morgan fingerprint density at radius 1 is 0.909 bits per heavy atom. The normalized spacial score (nSPS) is 12.8. The highest BCUT2D eigenvalue weighted by Crippen LogP contribution is 2.44. The molecule has 3 rings (SSSR count). The van der Waals surface area contributed by atoms with Gasteiger partial charge >= 0.3 is 12.1 Å². The molecule has 1 aliphatic carbocycles. The Kier molecular flexibility index (Phi) is 8.01. The molecule has 1 unspecified atom stereocenters. The molecule has 1 atom stereocenters. The van der Waals surface area contributed by atoms with Crippen LogP contribution in [0.5, 0.6) is 0 Å². The van der Waals surface area contributed by atoms with Gasteiger partial charge in [0.1, 0.15) is 13.2 Å². The summed E-state index contributed by atoms with van der Waals surface area (Å²) >= 11 is 0. The third kappa shape index (κ3) is 6.55.